The van der Waals surface area contributed by atoms with Gasteiger partial charge < -0.3 is 4.57 Å². The summed E-state index contributed by atoms with van der Waals surface area (Å²) >= 11 is 0. The molecule has 0 bridgehead atoms. The van der Waals surface area contributed by atoms with E-state index in [0.29, 0.717) is 19.1 Å². The number of hydroxylamine groups is 1. The highest BCUT2D eigenvalue weighted by atomic mass is 16.6. The van der Waals surface area contributed by atoms with E-state index in [1.165, 1.54) is 10.6 Å². The van der Waals surface area contributed by atoms with Crippen LogP contribution in [0.25, 0.3) is 0 Å². The molecule has 0 radical (unpaired) electrons. The number of nitrogens with zero attached hydrogens (tertiary/aromatic N) is 1. The van der Waals surface area contributed by atoms with E-state index in [0.717, 1.165) is 0 Å². The van der Waals surface area contributed by atoms with Crippen molar-refractivity contribution in [2.24, 2.45) is 5.92 Å². The predicted octanol–water partition coefficient (Wildman–Crippen LogP) is 0.942. The van der Waals surface area contributed by atoms with Crippen LogP contribution in [-0.4, -0.2) is 17.1 Å². The van der Waals surface area contributed by atoms with Gasteiger partial charge in [0.2, 0.25) is 5.91 Å². The van der Waals surface area contributed by atoms with Crippen molar-refractivity contribution in [2.75, 3.05) is 6.61 Å². The molecular weight excluding hydrogens is 220 g/mol. The van der Waals surface area contributed by atoms with Gasteiger partial charge in [-0.05, 0) is 12.0 Å². The van der Waals surface area contributed by atoms with Crippen LogP contribution in [0.1, 0.15) is 20.3 Å². The van der Waals surface area contributed by atoms with E-state index in [-0.39, 0.29) is 17.9 Å². The first-order chi connectivity index (χ1) is 8.09. The van der Waals surface area contributed by atoms with Crippen LogP contribution in [0.5, 0.6) is 0 Å². The molecule has 5 heteroatoms. The predicted molar refractivity (Wildman–Crippen MR) is 64.3 cm³/mol. The molecule has 0 saturated carbocycles. The fraction of sp³-hybridized carbons (Fsp3) is 0.500. The molecule has 1 rings (SSSR count). The molecule has 0 aliphatic carbocycles. The van der Waals surface area contributed by atoms with Crippen molar-refractivity contribution in [2.45, 2.75) is 26.8 Å². The molecule has 0 atom stereocenters. The summed E-state index contributed by atoms with van der Waals surface area (Å²) in [5.41, 5.74) is 2.24. The zero-order chi connectivity index (χ0) is 12.7. The van der Waals surface area contributed by atoms with Gasteiger partial charge in [0, 0.05) is 25.2 Å². The quantitative estimate of drug-likeness (QED) is 0.750. The maximum absolute atomic E-state index is 11.4. The summed E-state index contributed by atoms with van der Waals surface area (Å²) in [5.74, 6) is 0.147. The average Bonchev–Trinajstić information content (AvgIpc) is 2.27. The highest BCUT2D eigenvalue weighted by molar-refractivity contribution is 5.74. The Morgan fingerprint density at radius 3 is 2.88 bits per heavy atom. The zero-order valence-corrected chi connectivity index (χ0v) is 10.2. The molecule has 0 saturated heterocycles. The monoisotopic (exact) mass is 238 g/mol. The normalized spacial score (nSPS) is 10.5. The molecule has 0 unspecified atom stereocenters. The van der Waals surface area contributed by atoms with Crippen molar-refractivity contribution in [1.29, 1.82) is 0 Å². The third kappa shape index (κ3) is 5.31. The number of aromatic nitrogens is 1. The minimum atomic E-state index is -0.221. The summed E-state index contributed by atoms with van der Waals surface area (Å²) in [6.07, 6.45) is 1.88. The second-order valence-electron chi connectivity index (χ2n) is 4.21. The van der Waals surface area contributed by atoms with Crippen LogP contribution in [0.4, 0.5) is 0 Å². The molecule has 5 nitrogen and oxygen atoms in total. The largest absolute Gasteiger partial charge is 0.315 e. The number of carbonyl (C=O) groups excluding carboxylic acids is 1. The van der Waals surface area contributed by atoms with Gasteiger partial charge in [-0.3, -0.25) is 14.4 Å². The maximum Gasteiger partial charge on any atom is 0.250 e. The lowest BCUT2D eigenvalue weighted by Gasteiger charge is -2.08. The first-order valence-electron chi connectivity index (χ1n) is 5.65. The second kappa shape index (κ2) is 6.85. The lowest BCUT2D eigenvalue weighted by atomic mass is 10.2. The van der Waals surface area contributed by atoms with Crippen LogP contribution >= 0.6 is 0 Å². The van der Waals surface area contributed by atoms with Crippen LogP contribution in [0.2, 0.25) is 0 Å². The van der Waals surface area contributed by atoms with Crippen molar-refractivity contribution in [3.8, 4) is 0 Å². The Balaban J connectivity index is 2.29. The van der Waals surface area contributed by atoms with E-state index in [9.17, 15) is 9.59 Å². The molecule has 0 fully saturated rings. The van der Waals surface area contributed by atoms with Gasteiger partial charge in [-0.25, -0.2) is 5.48 Å². The topological polar surface area (TPSA) is 60.3 Å². The van der Waals surface area contributed by atoms with Gasteiger partial charge in [0.25, 0.3) is 5.56 Å². The Bertz CT molecular complexity index is 412. The molecule has 1 N–H and O–H groups in total. The molecule has 94 valence electrons. The Kier molecular flexibility index (Phi) is 5.42. The van der Waals surface area contributed by atoms with Gasteiger partial charge in [0.15, 0.2) is 0 Å². The van der Waals surface area contributed by atoms with E-state index in [1.54, 1.807) is 18.3 Å². The molecular formula is C12H18N2O3. The number of carbonyl (C=O) groups is 1. The Labute approximate surface area is 100 Å². The van der Waals surface area contributed by atoms with Crippen LogP contribution in [0.15, 0.2) is 29.2 Å². The van der Waals surface area contributed by atoms with Gasteiger partial charge in [-0.2, -0.15) is 0 Å². The molecule has 1 heterocycles. The Morgan fingerprint density at radius 1 is 1.47 bits per heavy atom. The van der Waals surface area contributed by atoms with Gasteiger partial charge in [0.1, 0.15) is 0 Å². The van der Waals surface area contributed by atoms with Crippen molar-refractivity contribution in [1.82, 2.24) is 10.0 Å². The first kappa shape index (κ1) is 13.4. The summed E-state index contributed by atoms with van der Waals surface area (Å²) < 4.78 is 1.49. The number of hydrogen-bond donors (Lipinski definition) is 1. The number of pyridine rings is 1. The van der Waals surface area contributed by atoms with Gasteiger partial charge in [0.05, 0.1) is 6.61 Å². The smallest absolute Gasteiger partial charge is 0.250 e. The fourth-order valence-electron chi connectivity index (χ4n) is 1.21. The fourth-order valence-corrected chi connectivity index (χ4v) is 1.21. The summed E-state index contributed by atoms with van der Waals surface area (Å²) in [7, 11) is 0. The molecule has 1 aromatic heterocycles. The average molecular weight is 238 g/mol. The molecule has 0 spiro atoms. The second-order valence-corrected chi connectivity index (χ2v) is 4.21. The first-order valence-corrected chi connectivity index (χ1v) is 5.65. The Morgan fingerprint density at radius 2 is 2.24 bits per heavy atom. The molecule has 0 aliphatic heterocycles. The standard InChI is InChI=1S/C12H18N2O3/c1-10(2)9-17-13-11(15)6-8-14-7-4-3-5-12(14)16/h3-5,7,10H,6,8-9H2,1-2H3,(H,13,15). The van der Waals surface area contributed by atoms with Crippen LogP contribution < -0.4 is 11.0 Å². The van der Waals surface area contributed by atoms with Crippen molar-refractivity contribution in [3.05, 3.63) is 34.7 Å². The minimum Gasteiger partial charge on any atom is -0.315 e. The summed E-state index contributed by atoms with van der Waals surface area (Å²) in [6, 6.07) is 4.90. The highest BCUT2D eigenvalue weighted by Gasteiger charge is 2.03. The van der Waals surface area contributed by atoms with E-state index in [1.807, 2.05) is 13.8 Å². The number of hydrogen-bond acceptors (Lipinski definition) is 3. The van der Waals surface area contributed by atoms with Crippen LogP contribution in [0.3, 0.4) is 0 Å². The number of rotatable bonds is 6. The van der Waals surface area contributed by atoms with Crippen molar-refractivity contribution in [3.63, 3.8) is 0 Å². The number of amides is 1. The third-order valence-electron chi connectivity index (χ3n) is 2.08. The molecule has 1 amide bonds. The summed E-state index contributed by atoms with van der Waals surface area (Å²) in [5, 5.41) is 0. The van der Waals surface area contributed by atoms with E-state index >= 15 is 0 Å². The highest BCUT2D eigenvalue weighted by Crippen LogP contribution is 1.91. The lowest BCUT2D eigenvalue weighted by molar-refractivity contribution is -0.134. The van der Waals surface area contributed by atoms with Gasteiger partial charge in [-0.15, -0.1) is 0 Å². The SMILES string of the molecule is CC(C)CONC(=O)CCn1ccccc1=O. The van der Waals surface area contributed by atoms with Crippen LogP contribution in [-0.2, 0) is 16.2 Å². The zero-order valence-electron chi connectivity index (χ0n) is 10.2. The van der Waals surface area contributed by atoms with Gasteiger partial charge >= 0.3 is 0 Å². The maximum atomic E-state index is 11.4. The molecule has 1 aromatic rings. The molecule has 17 heavy (non-hydrogen) atoms. The lowest BCUT2D eigenvalue weighted by Crippen LogP contribution is -2.28. The summed E-state index contributed by atoms with van der Waals surface area (Å²) in [4.78, 5) is 27.7. The summed E-state index contributed by atoms with van der Waals surface area (Å²) in [6.45, 7) is 4.83. The van der Waals surface area contributed by atoms with E-state index < -0.39 is 0 Å². The number of aryl methyl sites for hydroxylation is 1. The van der Waals surface area contributed by atoms with Gasteiger partial charge in [-0.1, -0.05) is 19.9 Å². The Hall–Kier alpha value is -1.62. The molecule has 0 aliphatic rings. The minimum absolute atomic E-state index is 0.108. The van der Waals surface area contributed by atoms with Crippen LogP contribution in [0, 0.1) is 5.92 Å². The van der Waals surface area contributed by atoms with Crippen molar-refractivity contribution >= 4 is 5.91 Å². The number of nitrogens with one attached hydrogen (secondary N) is 1. The van der Waals surface area contributed by atoms with E-state index in [4.69, 9.17) is 4.84 Å². The molecule has 0 aromatic carbocycles. The third-order valence-corrected chi connectivity index (χ3v) is 2.08. The van der Waals surface area contributed by atoms with E-state index in [2.05, 4.69) is 5.48 Å². The van der Waals surface area contributed by atoms with Crippen molar-refractivity contribution < 1.29 is 9.63 Å².